The Morgan fingerprint density at radius 2 is 2.23 bits per heavy atom. The van der Waals surface area contributed by atoms with Crippen LogP contribution in [-0.4, -0.2) is 4.98 Å². The molecule has 0 spiro atoms. The maximum Gasteiger partial charge on any atom is 0.281 e. The van der Waals surface area contributed by atoms with E-state index in [1.54, 1.807) is 6.07 Å². The largest absolute Gasteiger partial charge is 0.397 e. The van der Waals surface area contributed by atoms with E-state index in [-0.39, 0.29) is 11.3 Å². The fraction of sp³-hybridized carbons (Fsp3) is 0.143. The molecule has 2 N–H and O–H groups in total. The standard InChI is InChI=1S/C7H4BrF2N3/c8-4-2-13-6(7(9)10)3(1-11)5(4)12/h2,7H,(H2,12,13). The molecule has 0 aliphatic rings. The van der Waals surface area contributed by atoms with E-state index in [2.05, 4.69) is 20.9 Å². The summed E-state index contributed by atoms with van der Waals surface area (Å²) < 4.78 is 24.8. The fourth-order valence-electron chi connectivity index (χ4n) is 0.801. The van der Waals surface area contributed by atoms with E-state index in [4.69, 9.17) is 11.0 Å². The first-order valence-corrected chi connectivity index (χ1v) is 3.99. The maximum atomic E-state index is 12.2. The van der Waals surface area contributed by atoms with Gasteiger partial charge in [0.25, 0.3) is 6.43 Å². The highest BCUT2D eigenvalue weighted by Crippen LogP contribution is 2.29. The molecule has 0 unspecified atom stereocenters. The van der Waals surface area contributed by atoms with Gasteiger partial charge in [-0.3, -0.25) is 4.98 Å². The average Bonchev–Trinajstić information content (AvgIpc) is 2.09. The van der Waals surface area contributed by atoms with Gasteiger partial charge in [-0.25, -0.2) is 8.78 Å². The predicted molar refractivity (Wildman–Crippen MR) is 46.0 cm³/mol. The molecule has 1 rings (SSSR count). The van der Waals surface area contributed by atoms with E-state index in [1.807, 2.05) is 0 Å². The number of nitrogens with zero attached hydrogens (tertiary/aromatic N) is 2. The minimum absolute atomic E-state index is 0.00667. The Morgan fingerprint density at radius 3 is 2.69 bits per heavy atom. The minimum Gasteiger partial charge on any atom is -0.397 e. The molecule has 1 aromatic rings. The molecule has 0 amide bonds. The molecule has 0 aliphatic carbocycles. The van der Waals surface area contributed by atoms with Crippen LogP contribution in [0.25, 0.3) is 0 Å². The van der Waals surface area contributed by atoms with E-state index in [9.17, 15) is 8.78 Å². The van der Waals surface area contributed by atoms with Crippen molar-refractivity contribution in [1.82, 2.24) is 4.98 Å². The molecule has 1 aromatic heterocycles. The Balaban J connectivity index is 3.41. The van der Waals surface area contributed by atoms with Crippen molar-refractivity contribution < 1.29 is 8.78 Å². The van der Waals surface area contributed by atoms with Crippen molar-refractivity contribution in [2.24, 2.45) is 0 Å². The highest BCUT2D eigenvalue weighted by atomic mass is 79.9. The number of nitriles is 1. The number of hydrogen-bond acceptors (Lipinski definition) is 3. The van der Waals surface area contributed by atoms with E-state index < -0.39 is 12.1 Å². The van der Waals surface area contributed by atoms with E-state index in [1.165, 1.54) is 0 Å². The number of rotatable bonds is 1. The zero-order valence-corrected chi connectivity index (χ0v) is 7.85. The van der Waals surface area contributed by atoms with Gasteiger partial charge < -0.3 is 5.73 Å². The summed E-state index contributed by atoms with van der Waals surface area (Å²) in [4.78, 5) is 3.41. The molecule has 0 atom stereocenters. The lowest BCUT2D eigenvalue weighted by molar-refractivity contribution is 0.146. The first kappa shape index (κ1) is 9.86. The normalized spacial score (nSPS) is 10.1. The highest BCUT2D eigenvalue weighted by molar-refractivity contribution is 9.10. The molecule has 13 heavy (non-hydrogen) atoms. The molecule has 0 radical (unpaired) electrons. The summed E-state index contributed by atoms with van der Waals surface area (Å²) in [7, 11) is 0. The summed E-state index contributed by atoms with van der Waals surface area (Å²) in [6, 6.07) is 1.59. The Bertz CT molecular complexity index is 373. The Hall–Kier alpha value is -1.22. The summed E-state index contributed by atoms with van der Waals surface area (Å²) in [6.45, 7) is 0. The zero-order chi connectivity index (χ0) is 10.0. The molecular formula is C7H4BrF2N3. The van der Waals surface area contributed by atoms with Crippen molar-refractivity contribution in [3.8, 4) is 6.07 Å². The number of pyridine rings is 1. The number of anilines is 1. The van der Waals surface area contributed by atoms with Crippen LogP contribution in [0.2, 0.25) is 0 Å². The van der Waals surface area contributed by atoms with Crippen LogP contribution in [0.1, 0.15) is 17.7 Å². The van der Waals surface area contributed by atoms with Crippen LogP contribution in [-0.2, 0) is 0 Å². The maximum absolute atomic E-state index is 12.2. The summed E-state index contributed by atoms with van der Waals surface area (Å²) >= 11 is 2.99. The van der Waals surface area contributed by atoms with E-state index in [0.29, 0.717) is 4.47 Å². The molecular weight excluding hydrogens is 244 g/mol. The Morgan fingerprint density at radius 1 is 1.62 bits per heavy atom. The fourth-order valence-corrected chi connectivity index (χ4v) is 1.10. The predicted octanol–water partition coefficient (Wildman–Crippen LogP) is 2.24. The summed E-state index contributed by atoms with van der Waals surface area (Å²) in [5, 5.41) is 8.55. The van der Waals surface area contributed by atoms with Crippen LogP contribution in [0.3, 0.4) is 0 Å². The molecule has 0 aliphatic heterocycles. The van der Waals surface area contributed by atoms with E-state index >= 15 is 0 Å². The second-order valence-corrected chi connectivity index (χ2v) is 3.05. The van der Waals surface area contributed by atoms with Gasteiger partial charge in [-0.2, -0.15) is 5.26 Å². The monoisotopic (exact) mass is 247 g/mol. The van der Waals surface area contributed by atoms with Gasteiger partial charge in [0.15, 0.2) is 0 Å². The lowest BCUT2D eigenvalue weighted by atomic mass is 10.2. The number of aromatic nitrogens is 1. The number of halogens is 3. The van der Waals surface area contributed by atoms with Crippen LogP contribution in [0, 0.1) is 11.3 Å². The molecule has 3 nitrogen and oxygen atoms in total. The molecule has 1 heterocycles. The molecule has 0 saturated heterocycles. The van der Waals surface area contributed by atoms with Gasteiger partial charge in [-0.15, -0.1) is 0 Å². The van der Waals surface area contributed by atoms with Gasteiger partial charge in [0.2, 0.25) is 0 Å². The van der Waals surface area contributed by atoms with Crippen molar-refractivity contribution in [3.05, 3.63) is 21.9 Å². The summed E-state index contributed by atoms with van der Waals surface area (Å²) in [5.74, 6) is 0. The third-order valence-electron chi connectivity index (χ3n) is 1.42. The lowest BCUT2D eigenvalue weighted by Gasteiger charge is -2.05. The second-order valence-electron chi connectivity index (χ2n) is 2.19. The number of alkyl halides is 2. The quantitative estimate of drug-likeness (QED) is 0.828. The van der Waals surface area contributed by atoms with Crippen LogP contribution in [0.15, 0.2) is 10.7 Å². The molecule has 0 bridgehead atoms. The van der Waals surface area contributed by atoms with Gasteiger partial charge in [0, 0.05) is 6.20 Å². The van der Waals surface area contributed by atoms with Crippen molar-refractivity contribution >= 4 is 21.6 Å². The summed E-state index contributed by atoms with van der Waals surface area (Å²) in [6.07, 6.45) is -1.64. The third-order valence-corrected chi connectivity index (χ3v) is 2.05. The Kier molecular flexibility index (Phi) is 2.78. The van der Waals surface area contributed by atoms with Gasteiger partial charge >= 0.3 is 0 Å². The van der Waals surface area contributed by atoms with Crippen LogP contribution in [0.4, 0.5) is 14.5 Å². The lowest BCUT2D eigenvalue weighted by Crippen LogP contribution is -2.01. The highest BCUT2D eigenvalue weighted by Gasteiger charge is 2.18. The van der Waals surface area contributed by atoms with Gasteiger partial charge in [-0.1, -0.05) is 0 Å². The average molecular weight is 248 g/mol. The number of hydrogen-bond donors (Lipinski definition) is 1. The van der Waals surface area contributed by atoms with Gasteiger partial charge in [0.05, 0.1) is 10.2 Å². The number of nitrogen functional groups attached to an aromatic ring is 1. The zero-order valence-electron chi connectivity index (χ0n) is 6.26. The topological polar surface area (TPSA) is 62.7 Å². The SMILES string of the molecule is N#Cc1c(C(F)F)ncc(Br)c1N. The van der Waals surface area contributed by atoms with Crippen LogP contribution in [0.5, 0.6) is 0 Å². The first-order chi connectivity index (χ1) is 6.07. The van der Waals surface area contributed by atoms with Gasteiger partial charge in [-0.05, 0) is 15.9 Å². The van der Waals surface area contributed by atoms with Crippen molar-refractivity contribution in [2.45, 2.75) is 6.43 Å². The summed E-state index contributed by atoms with van der Waals surface area (Å²) in [5.41, 5.74) is 4.53. The van der Waals surface area contributed by atoms with Crippen molar-refractivity contribution in [3.63, 3.8) is 0 Å². The van der Waals surface area contributed by atoms with Gasteiger partial charge in [0.1, 0.15) is 17.3 Å². The molecule has 0 saturated carbocycles. The van der Waals surface area contributed by atoms with E-state index in [0.717, 1.165) is 6.20 Å². The van der Waals surface area contributed by atoms with Crippen LogP contribution < -0.4 is 5.73 Å². The molecule has 68 valence electrons. The van der Waals surface area contributed by atoms with Crippen molar-refractivity contribution in [2.75, 3.05) is 5.73 Å². The number of nitrogens with two attached hydrogens (primary N) is 1. The second kappa shape index (κ2) is 3.66. The Labute approximate surface area is 81.3 Å². The smallest absolute Gasteiger partial charge is 0.281 e. The first-order valence-electron chi connectivity index (χ1n) is 3.20. The van der Waals surface area contributed by atoms with Crippen molar-refractivity contribution in [1.29, 1.82) is 5.26 Å². The molecule has 6 heteroatoms. The minimum atomic E-state index is -2.79. The molecule has 0 aromatic carbocycles. The van der Waals surface area contributed by atoms with Crippen LogP contribution >= 0.6 is 15.9 Å². The molecule has 0 fully saturated rings. The third kappa shape index (κ3) is 1.75.